The van der Waals surface area contributed by atoms with Crippen LogP contribution in [0.4, 0.5) is 5.69 Å². The fourth-order valence-corrected chi connectivity index (χ4v) is 6.85. The van der Waals surface area contributed by atoms with E-state index >= 15 is 0 Å². The van der Waals surface area contributed by atoms with Crippen molar-refractivity contribution in [1.29, 1.82) is 0 Å². The van der Waals surface area contributed by atoms with E-state index in [1.807, 2.05) is 38.1 Å². The standard InChI is InChI=1S/C32H38ClN3O4S/c1-3-30(32(38)34-27-14-6-4-7-15-27)35(22-25-13-11-10-12-24(25)2)31(37)23-36(28-20-18-26(33)19-21-28)41(39,40)29-16-8-5-9-17-29/h5,8-13,16-21,27,30H,3-4,6-7,14-15,22-23H2,1-2H3,(H,34,38)/t30-/m1/s1. The maximum Gasteiger partial charge on any atom is 0.264 e. The van der Waals surface area contributed by atoms with Crippen LogP contribution in [0.1, 0.15) is 56.6 Å². The Kier molecular flexibility index (Phi) is 10.5. The number of hydrogen-bond acceptors (Lipinski definition) is 4. The van der Waals surface area contributed by atoms with E-state index in [1.54, 1.807) is 42.5 Å². The van der Waals surface area contributed by atoms with Crippen molar-refractivity contribution in [2.75, 3.05) is 10.8 Å². The second-order valence-electron chi connectivity index (χ2n) is 10.5. The highest BCUT2D eigenvalue weighted by Crippen LogP contribution is 2.26. The van der Waals surface area contributed by atoms with Crippen LogP contribution in [0.2, 0.25) is 5.02 Å². The van der Waals surface area contributed by atoms with Crippen molar-refractivity contribution >= 4 is 39.1 Å². The molecule has 0 unspecified atom stereocenters. The van der Waals surface area contributed by atoms with Crippen LogP contribution in [0, 0.1) is 6.92 Å². The summed E-state index contributed by atoms with van der Waals surface area (Å²) in [5.41, 5.74) is 2.19. The van der Waals surface area contributed by atoms with Crippen LogP contribution < -0.4 is 9.62 Å². The van der Waals surface area contributed by atoms with Crippen molar-refractivity contribution < 1.29 is 18.0 Å². The number of hydrogen-bond donors (Lipinski definition) is 1. The summed E-state index contributed by atoms with van der Waals surface area (Å²) >= 11 is 6.10. The molecule has 7 nitrogen and oxygen atoms in total. The summed E-state index contributed by atoms with van der Waals surface area (Å²) in [6.07, 6.45) is 5.55. The van der Waals surface area contributed by atoms with Gasteiger partial charge in [-0.15, -0.1) is 0 Å². The van der Waals surface area contributed by atoms with Crippen LogP contribution >= 0.6 is 11.6 Å². The number of benzene rings is 3. The van der Waals surface area contributed by atoms with Gasteiger partial charge in [0.25, 0.3) is 10.0 Å². The van der Waals surface area contributed by atoms with E-state index in [4.69, 9.17) is 11.6 Å². The minimum atomic E-state index is -4.11. The Balaban J connectivity index is 1.70. The van der Waals surface area contributed by atoms with Gasteiger partial charge in [0.1, 0.15) is 12.6 Å². The van der Waals surface area contributed by atoms with Crippen molar-refractivity contribution in [3.63, 3.8) is 0 Å². The third kappa shape index (κ3) is 7.68. The third-order valence-corrected chi connectivity index (χ3v) is 9.70. The molecule has 0 aliphatic heterocycles. The molecule has 1 fully saturated rings. The summed E-state index contributed by atoms with van der Waals surface area (Å²) in [6.45, 7) is 3.54. The monoisotopic (exact) mass is 595 g/mol. The molecule has 218 valence electrons. The minimum absolute atomic E-state index is 0.0651. The maximum absolute atomic E-state index is 14.2. The number of sulfonamides is 1. The molecule has 1 saturated carbocycles. The van der Waals surface area contributed by atoms with Crippen LogP contribution in [-0.4, -0.2) is 43.8 Å². The van der Waals surface area contributed by atoms with E-state index in [-0.39, 0.29) is 23.4 Å². The van der Waals surface area contributed by atoms with Crippen LogP contribution in [0.5, 0.6) is 0 Å². The van der Waals surface area contributed by atoms with E-state index in [1.165, 1.54) is 17.0 Å². The number of aryl methyl sites for hydroxylation is 1. The average Bonchev–Trinajstić information content (AvgIpc) is 2.98. The van der Waals surface area contributed by atoms with E-state index in [9.17, 15) is 18.0 Å². The number of carbonyl (C=O) groups is 2. The van der Waals surface area contributed by atoms with Crippen LogP contribution in [0.25, 0.3) is 0 Å². The Morgan fingerprint density at radius 3 is 2.20 bits per heavy atom. The van der Waals surface area contributed by atoms with E-state index in [0.717, 1.165) is 47.5 Å². The molecule has 1 aliphatic carbocycles. The molecule has 41 heavy (non-hydrogen) atoms. The normalized spacial score (nSPS) is 14.7. The molecule has 3 aromatic rings. The highest BCUT2D eigenvalue weighted by atomic mass is 35.5. The zero-order valence-corrected chi connectivity index (χ0v) is 25.2. The largest absolute Gasteiger partial charge is 0.352 e. The SMILES string of the molecule is CC[C@H](C(=O)NC1CCCCC1)N(Cc1ccccc1C)C(=O)CN(c1ccc(Cl)cc1)S(=O)(=O)c1ccccc1. The van der Waals surface area contributed by atoms with E-state index in [0.29, 0.717) is 17.1 Å². The second kappa shape index (κ2) is 14.0. The number of nitrogens with zero attached hydrogens (tertiary/aromatic N) is 2. The molecule has 0 saturated heterocycles. The summed E-state index contributed by atoms with van der Waals surface area (Å²) in [4.78, 5) is 29.4. The molecule has 1 atom stereocenters. The molecule has 0 radical (unpaired) electrons. The topological polar surface area (TPSA) is 86.8 Å². The van der Waals surface area contributed by atoms with Crippen molar-refractivity contribution in [2.24, 2.45) is 0 Å². The third-order valence-electron chi connectivity index (χ3n) is 7.66. The first-order valence-electron chi connectivity index (χ1n) is 14.2. The van der Waals surface area contributed by atoms with Crippen molar-refractivity contribution in [3.8, 4) is 0 Å². The molecule has 0 heterocycles. The van der Waals surface area contributed by atoms with Crippen molar-refractivity contribution in [2.45, 2.75) is 75.9 Å². The first-order valence-corrected chi connectivity index (χ1v) is 16.0. The second-order valence-corrected chi connectivity index (χ2v) is 12.8. The number of halogens is 1. The number of carbonyl (C=O) groups excluding carboxylic acids is 2. The lowest BCUT2D eigenvalue weighted by molar-refractivity contribution is -0.140. The Morgan fingerprint density at radius 2 is 1.56 bits per heavy atom. The van der Waals surface area contributed by atoms with Gasteiger partial charge in [-0.3, -0.25) is 13.9 Å². The molecule has 0 bridgehead atoms. The minimum Gasteiger partial charge on any atom is -0.352 e. The molecule has 0 spiro atoms. The van der Waals surface area contributed by atoms with Crippen LogP contribution in [-0.2, 0) is 26.2 Å². The lowest BCUT2D eigenvalue weighted by Crippen LogP contribution is -2.54. The molecular weight excluding hydrogens is 558 g/mol. The number of nitrogens with one attached hydrogen (secondary N) is 1. The van der Waals surface area contributed by atoms with Crippen LogP contribution in [0.15, 0.2) is 83.8 Å². The fraction of sp³-hybridized carbons (Fsp3) is 0.375. The van der Waals surface area contributed by atoms with Gasteiger partial charge in [0.2, 0.25) is 11.8 Å². The first kappa shape index (κ1) is 30.6. The Labute approximate surface area is 248 Å². The highest BCUT2D eigenvalue weighted by Gasteiger charge is 2.34. The molecule has 3 aromatic carbocycles. The van der Waals surface area contributed by atoms with Gasteiger partial charge in [-0.05, 0) is 73.7 Å². The summed E-state index contributed by atoms with van der Waals surface area (Å²) < 4.78 is 28.8. The maximum atomic E-state index is 14.2. The van der Waals surface area contributed by atoms with Gasteiger partial charge in [0.15, 0.2) is 0 Å². The van der Waals surface area contributed by atoms with Gasteiger partial charge >= 0.3 is 0 Å². The zero-order chi connectivity index (χ0) is 29.4. The van der Waals surface area contributed by atoms with Gasteiger partial charge in [-0.1, -0.05) is 80.3 Å². The molecule has 9 heteroatoms. The molecule has 1 aliphatic rings. The zero-order valence-electron chi connectivity index (χ0n) is 23.6. The van der Waals surface area contributed by atoms with E-state index in [2.05, 4.69) is 5.32 Å². The summed E-state index contributed by atoms with van der Waals surface area (Å²) in [7, 11) is -4.11. The van der Waals surface area contributed by atoms with Gasteiger partial charge in [-0.2, -0.15) is 0 Å². The average molecular weight is 596 g/mol. The Bertz CT molecular complexity index is 1420. The number of amides is 2. The van der Waals surface area contributed by atoms with Gasteiger partial charge in [-0.25, -0.2) is 8.42 Å². The summed E-state index contributed by atoms with van der Waals surface area (Å²) in [5, 5.41) is 3.62. The highest BCUT2D eigenvalue weighted by molar-refractivity contribution is 7.92. The predicted molar refractivity (Wildman–Crippen MR) is 163 cm³/mol. The molecule has 1 N–H and O–H groups in total. The smallest absolute Gasteiger partial charge is 0.264 e. The van der Waals surface area contributed by atoms with Crippen molar-refractivity contribution in [1.82, 2.24) is 10.2 Å². The number of rotatable bonds is 11. The van der Waals surface area contributed by atoms with Gasteiger partial charge in [0, 0.05) is 17.6 Å². The molecule has 2 amide bonds. The first-order chi connectivity index (χ1) is 19.7. The summed E-state index contributed by atoms with van der Waals surface area (Å²) in [5.74, 6) is -0.668. The van der Waals surface area contributed by atoms with Gasteiger partial charge < -0.3 is 10.2 Å². The predicted octanol–water partition coefficient (Wildman–Crippen LogP) is 6.10. The molecular formula is C32H38ClN3O4S. The summed E-state index contributed by atoms with van der Waals surface area (Å²) in [6, 6.07) is 21.4. The van der Waals surface area contributed by atoms with E-state index < -0.39 is 28.5 Å². The number of anilines is 1. The fourth-order valence-electron chi connectivity index (χ4n) is 5.29. The lowest BCUT2D eigenvalue weighted by atomic mass is 9.95. The van der Waals surface area contributed by atoms with Crippen LogP contribution in [0.3, 0.4) is 0 Å². The van der Waals surface area contributed by atoms with Crippen molar-refractivity contribution in [3.05, 3.63) is 95.0 Å². The molecule has 0 aromatic heterocycles. The molecule has 4 rings (SSSR count). The Hall–Kier alpha value is -3.36. The van der Waals surface area contributed by atoms with Gasteiger partial charge in [0.05, 0.1) is 10.6 Å². The quantitative estimate of drug-likeness (QED) is 0.290. The Morgan fingerprint density at radius 1 is 0.927 bits per heavy atom. The lowest BCUT2D eigenvalue weighted by Gasteiger charge is -2.34.